The molecule has 0 bridgehead atoms. The first-order chi connectivity index (χ1) is 13.6. The summed E-state index contributed by atoms with van der Waals surface area (Å²) in [4.78, 5) is 23.2. The quantitative estimate of drug-likeness (QED) is 0.123. The fourth-order valence-electron chi connectivity index (χ4n) is 2.64. The molecule has 9 heteroatoms. The zero-order valence-electron chi connectivity index (χ0n) is 18.1. The molecule has 0 aromatic heterocycles. The molecule has 0 aliphatic carbocycles. The van der Waals surface area contributed by atoms with Crippen molar-refractivity contribution in [3.05, 3.63) is 12.2 Å². The first kappa shape index (κ1) is 27.5. The van der Waals surface area contributed by atoms with Crippen LogP contribution < -0.4 is 0 Å². The van der Waals surface area contributed by atoms with E-state index in [-0.39, 0.29) is 12.4 Å². The van der Waals surface area contributed by atoms with Crippen LogP contribution in [0.25, 0.3) is 0 Å². The van der Waals surface area contributed by atoms with E-state index < -0.39 is 22.1 Å². The van der Waals surface area contributed by atoms with Gasteiger partial charge in [0.1, 0.15) is 13.2 Å². The maximum atomic E-state index is 11.6. The van der Waals surface area contributed by atoms with Gasteiger partial charge in [-0.1, -0.05) is 45.4 Å². The Kier molecular flexibility index (Phi) is 14.6. The fourth-order valence-corrected chi connectivity index (χ4v) is 3.14. The summed E-state index contributed by atoms with van der Waals surface area (Å²) < 4.78 is 40.7. The van der Waals surface area contributed by atoms with Gasteiger partial charge in [0.25, 0.3) is 10.1 Å². The van der Waals surface area contributed by atoms with Crippen LogP contribution in [0, 0.1) is 0 Å². The lowest BCUT2D eigenvalue weighted by atomic mass is 10.1. The molecule has 29 heavy (non-hydrogen) atoms. The molecule has 8 nitrogen and oxygen atoms in total. The number of hydrogen-bond acceptors (Lipinski definition) is 6. The lowest BCUT2D eigenvalue weighted by Gasteiger charge is -2.29. The number of unbranched alkanes of at least 4 members (excludes halogenated alkanes) is 6. The number of likely N-dealkylation sites (N-methyl/N-ethyl adjacent to an activating group) is 1. The molecular formula is C20H38NO7S+. The number of ether oxygens (including phenoxy) is 2. The van der Waals surface area contributed by atoms with Gasteiger partial charge in [0.15, 0.2) is 0 Å². The Morgan fingerprint density at radius 2 is 1.34 bits per heavy atom. The topological polar surface area (TPSA) is 107 Å². The van der Waals surface area contributed by atoms with Gasteiger partial charge in [-0.25, -0.2) is 9.59 Å². The molecule has 0 spiro atoms. The summed E-state index contributed by atoms with van der Waals surface area (Å²) in [5.41, 5.74) is 0. The number of carbonyl (C=O) groups excluding carboxylic acids is 2. The van der Waals surface area contributed by atoms with Gasteiger partial charge in [0.2, 0.25) is 0 Å². The zero-order valence-corrected chi connectivity index (χ0v) is 18.9. The summed E-state index contributed by atoms with van der Waals surface area (Å²) in [5.74, 6) is -1.48. The molecule has 0 aromatic rings. The van der Waals surface area contributed by atoms with Gasteiger partial charge in [-0.05, 0) is 6.42 Å². The molecule has 1 N–H and O–H groups in total. The summed E-state index contributed by atoms with van der Waals surface area (Å²) >= 11 is 0. The predicted octanol–water partition coefficient (Wildman–Crippen LogP) is 2.73. The van der Waals surface area contributed by atoms with E-state index in [4.69, 9.17) is 14.0 Å². The number of hydrogen-bond donors (Lipinski definition) is 1. The minimum Gasteiger partial charge on any atom is -0.463 e. The van der Waals surface area contributed by atoms with Crippen LogP contribution in [0.15, 0.2) is 12.2 Å². The van der Waals surface area contributed by atoms with Crippen molar-refractivity contribution in [2.45, 2.75) is 58.3 Å². The Morgan fingerprint density at radius 3 is 1.90 bits per heavy atom. The number of carbonyl (C=O) groups is 2. The van der Waals surface area contributed by atoms with Gasteiger partial charge in [0, 0.05) is 18.6 Å². The standard InChI is InChI=1S/C20H37NO7S/c1-4-5-6-7-8-9-10-16-27-19(22)12-13-20(23)28-17-15-21(2,3)14-11-18-29(24,25)26/h12-13H,4-11,14-18H2,1-3H3/p+1/b13-12-. The van der Waals surface area contributed by atoms with Crippen molar-refractivity contribution in [2.24, 2.45) is 0 Å². The van der Waals surface area contributed by atoms with E-state index in [2.05, 4.69) is 6.92 Å². The SMILES string of the molecule is CCCCCCCCCOC(=O)/C=C\C(=O)OCC[N+](C)(C)CCCS(=O)(=O)O. The van der Waals surface area contributed by atoms with E-state index in [0.717, 1.165) is 31.4 Å². The Labute approximate surface area is 175 Å². The smallest absolute Gasteiger partial charge is 0.331 e. The second-order valence-electron chi connectivity index (χ2n) is 7.81. The molecule has 0 amide bonds. The maximum absolute atomic E-state index is 11.6. The van der Waals surface area contributed by atoms with Crippen LogP contribution in [-0.4, -0.2) is 75.5 Å². The van der Waals surface area contributed by atoms with Crippen LogP contribution >= 0.6 is 0 Å². The van der Waals surface area contributed by atoms with Gasteiger partial charge in [-0.15, -0.1) is 0 Å². The Hall–Kier alpha value is -1.45. The normalized spacial score (nSPS) is 12.3. The zero-order chi connectivity index (χ0) is 22.2. The number of esters is 2. The highest BCUT2D eigenvalue weighted by Gasteiger charge is 2.17. The van der Waals surface area contributed by atoms with Crippen LogP contribution in [0.2, 0.25) is 0 Å². The number of nitrogens with zero attached hydrogens (tertiary/aromatic N) is 1. The molecule has 0 radical (unpaired) electrons. The van der Waals surface area contributed by atoms with Gasteiger partial charge in [0.05, 0.1) is 33.0 Å². The average molecular weight is 437 g/mol. The summed E-state index contributed by atoms with van der Waals surface area (Å²) in [5, 5.41) is 0. The minimum atomic E-state index is -3.96. The van der Waals surface area contributed by atoms with E-state index in [0.29, 0.717) is 30.6 Å². The van der Waals surface area contributed by atoms with Crippen LogP contribution in [0.4, 0.5) is 0 Å². The highest BCUT2D eigenvalue weighted by molar-refractivity contribution is 7.85. The van der Waals surface area contributed by atoms with Crippen molar-refractivity contribution in [3.63, 3.8) is 0 Å². The highest BCUT2D eigenvalue weighted by atomic mass is 32.2. The Bertz CT molecular complexity index is 600. The van der Waals surface area contributed by atoms with Gasteiger partial charge in [-0.3, -0.25) is 4.55 Å². The molecule has 170 valence electrons. The highest BCUT2D eigenvalue weighted by Crippen LogP contribution is 2.07. The third kappa shape index (κ3) is 19.6. The second kappa shape index (κ2) is 15.4. The molecular weight excluding hydrogens is 398 g/mol. The van der Waals surface area contributed by atoms with Crippen molar-refractivity contribution >= 4 is 22.1 Å². The predicted molar refractivity (Wildman–Crippen MR) is 112 cm³/mol. The third-order valence-corrected chi connectivity index (χ3v) is 5.26. The first-order valence-corrected chi connectivity index (χ1v) is 12.0. The Morgan fingerprint density at radius 1 is 0.828 bits per heavy atom. The first-order valence-electron chi connectivity index (χ1n) is 10.3. The van der Waals surface area contributed by atoms with E-state index in [1.165, 1.54) is 25.7 Å². The number of quaternary nitrogens is 1. The molecule has 0 heterocycles. The largest absolute Gasteiger partial charge is 0.463 e. The summed E-state index contributed by atoms with van der Waals surface area (Å²) in [6, 6.07) is 0. The van der Waals surface area contributed by atoms with E-state index in [9.17, 15) is 18.0 Å². The maximum Gasteiger partial charge on any atom is 0.331 e. The fraction of sp³-hybridized carbons (Fsp3) is 0.800. The van der Waals surface area contributed by atoms with Gasteiger partial charge < -0.3 is 14.0 Å². The van der Waals surface area contributed by atoms with Crippen molar-refractivity contribution in [2.75, 3.05) is 46.2 Å². The van der Waals surface area contributed by atoms with E-state index in [1.54, 1.807) is 0 Å². The molecule has 0 fully saturated rings. The van der Waals surface area contributed by atoms with E-state index in [1.807, 2.05) is 14.1 Å². The summed E-state index contributed by atoms with van der Waals surface area (Å²) in [6.45, 7) is 3.65. The molecule has 0 aromatic carbocycles. The average Bonchev–Trinajstić information content (AvgIpc) is 2.60. The van der Waals surface area contributed by atoms with Crippen molar-refractivity contribution < 1.29 is 36.5 Å². The van der Waals surface area contributed by atoms with Crippen molar-refractivity contribution in [3.8, 4) is 0 Å². The van der Waals surface area contributed by atoms with Crippen LogP contribution in [0.3, 0.4) is 0 Å². The molecule has 0 atom stereocenters. The van der Waals surface area contributed by atoms with Crippen LogP contribution in [0.5, 0.6) is 0 Å². The molecule has 0 aliphatic rings. The monoisotopic (exact) mass is 436 g/mol. The Balaban J connectivity index is 3.84. The lowest BCUT2D eigenvalue weighted by molar-refractivity contribution is -0.890. The molecule has 0 saturated heterocycles. The second-order valence-corrected chi connectivity index (χ2v) is 9.38. The third-order valence-electron chi connectivity index (χ3n) is 4.45. The molecule has 0 rings (SSSR count). The van der Waals surface area contributed by atoms with Crippen molar-refractivity contribution in [1.82, 2.24) is 0 Å². The summed E-state index contributed by atoms with van der Waals surface area (Å²) in [7, 11) is -0.220. The minimum absolute atomic E-state index is 0.134. The molecule has 0 aliphatic heterocycles. The van der Waals surface area contributed by atoms with Gasteiger partial charge in [-0.2, -0.15) is 8.42 Å². The lowest BCUT2D eigenvalue weighted by Crippen LogP contribution is -2.43. The summed E-state index contributed by atoms with van der Waals surface area (Å²) in [6.07, 6.45) is 10.4. The van der Waals surface area contributed by atoms with Crippen LogP contribution in [0.1, 0.15) is 58.3 Å². The molecule has 0 unspecified atom stereocenters. The van der Waals surface area contributed by atoms with Crippen molar-refractivity contribution in [1.29, 1.82) is 0 Å². The van der Waals surface area contributed by atoms with Crippen LogP contribution in [-0.2, 0) is 29.2 Å². The number of rotatable bonds is 17. The van der Waals surface area contributed by atoms with E-state index >= 15 is 0 Å². The van der Waals surface area contributed by atoms with Gasteiger partial charge >= 0.3 is 11.9 Å². The molecule has 0 saturated carbocycles.